The lowest BCUT2D eigenvalue weighted by atomic mass is 10.0. The molecule has 0 spiro atoms. The molecule has 0 aromatic carbocycles. The number of H-pyrrole nitrogens is 1. The summed E-state index contributed by atoms with van der Waals surface area (Å²) in [7, 11) is 3.03. The zero-order chi connectivity index (χ0) is 15.3. The Kier molecular flexibility index (Phi) is 3.12. The highest BCUT2D eigenvalue weighted by Gasteiger charge is 2.32. The van der Waals surface area contributed by atoms with Crippen LogP contribution in [0.2, 0.25) is 0 Å². The van der Waals surface area contributed by atoms with Crippen molar-refractivity contribution < 1.29 is 5.11 Å². The van der Waals surface area contributed by atoms with Crippen LogP contribution in [0.25, 0.3) is 11.2 Å². The highest BCUT2D eigenvalue weighted by atomic mass is 16.3. The SMILES string of the molecule is CC1CCN(c2nc3c([nH]2)c(=O)n(C)c(=O)n3C)C1CO. The predicted molar refractivity (Wildman–Crippen MR) is 78.6 cm³/mol. The van der Waals surface area contributed by atoms with E-state index >= 15 is 0 Å². The van der Waals surface area contributed by atoms with Crippen LogP contribution < -0.4 is 16.1 Å². The first-order chi connectivity index (χ1) is 9.95. The Labute approximate surface area is 120 Å². The van der Waals surface area contributed by atoms with Gasteiger partial charge in [0.2, 0.25) is 5.95 Å². The first kappa shape index (κ1) is 13.9. The van der Waals surface area contributed by atoms with Crippen molar-refractivity contribution in [2.24, 2.45) is 20.0 Å². The minimum Gasteiger partial charge on any atom is -0.394 e. The molecule has 1 aliphatic heterocycles. The largest absolute Gasteiger partial charge is 0.394 e. The number of aliphatic hydroxyl groups excluding tert-OH is 1. The summed E-state index contributed by atoms with van der Waals surface area (Å²) < 4.78 is 2.41. The number of hydrogen-bond donors (Lipinski definition) is 2. The van der Waals surface area contributed by atoms with E-state index in [9.17, 15) is 14.7 Å². The van der Waals surface area contributed by atoms with Gasteiger partial charge in [-0.1, -0.05) is 6.92 Å². The van der Waals surface area contributed by atoms with Crippen LogP contribution >= 0.6 is 0 Å². The molecular formula is C13H19N5O3. The molecule has 1 saturated heterocycles. The number of aryl methyl sites for hydroxylation is 1. The fourth-order valence-electron chi connectivity index (χ4n) is 3.00. The fraction of sp³-hybridized carbons (Fsp3) is 0.615. The van der Waals surface area contributed by atoms with Crippen LogP contribution in [0.5, 0.6) is 0 Å². The number of aromatic nitrogens is 4. The number of nitrogens with one attached hydrogen (secondary N) is 1. The Balaban J connectivity index is 2.19. The van der Waals surface area contributed by atoms with Gasteiger partial charge in [-0.05, 0) is 12.3 Å². The van der Waals surface area contributed by atoms with Crippen molar-refractivity contribution in [2.75, 3.05) is 18.1 Å². The molecule has 2 aromatic rings. The molecule has 2 unspecified atom stereocenters. The standard InChI is InChI=1S/C13H19N5O3/c1-7-4-5-18(8(7)6-19)12-14-9-10(15-12)16(2)13(21)17(3)11(9)20/h7-8,19H,4-6H2,1-3H3,(H,14,15). The van der Waals surface area contributed by atoms with E-state index < -0.39 is 5.69 Å². The molecule has 8 nitrogen and oxygen atoms in total. The summed E-state index contributed by atoms with van der Waals surface area (Å²) >= 11 is 0. The third kappa shape index (κ3) is 1.90. The summed E-state index contributed by atoms with van der Waals surface area (Å²) in [6.07, 6.45) is 0.958. The summed E-state index contributed by atoms with van der Waals surface area (Å²) in [5.74, 6) is 0.890. The zero-order valence-electron chi connectivity index (χ0n) is 12.3. The highest BCUT2D eigenvalue weighted by Crippen LogP contribution is 2.28. The average Bonchev–Trinajstić information content (AvgIpc) is 3.06. The lowest BCUT2D eigenvalue weighted by Gasteiger charge is -2.24. The van der Waals surface area contributed by atoms with Gasteiger partial charge in [-0.25, -0.2) is 4.79 Å². The molecule has 8 heteroatoms. The van der Waals surface area contributed by atoms with Gasteiger partial charge < -0.3 is 15.0 Å². The van der Waals surface area contributed by atoms with Crippen molar-refractivity contribution in [3.63, 3.8) is 0 Å². The second-order valence-corrected chi connectivity index (χ2v) is 5.67. The Morgan fingerprint density at radius 1 is 1.33 bits per heavy atom. The number of hydrogen-bond acceptors (Lipinski definition) is 5. The molecule has 0 bridgehead atoms. The molecule has 2 aromatic heterocycles. The van der Waals surface area contributed by atoms with Gasteiger partial charge in [0.25, 0.3) is 5.56 Å². The molecule has 0 aliphatic carbocycles. The summed E-state index contributed by atoms with van der Waals surface area (Å²) in [4.78, 5) is 33.5. The van der Waals surface area contributed by atoms with Crippen LogP contribution in [0.1, 0.15) is 13.3 Å². The van der Waals surface area contributed by atoms with Gasteiger partial charge in [-0.15, -0.1) is 0 Å². The summed E-state index contributed by atoms with van der Waals surface area (Å²) in [6, 6.07) is -0.0218. The summed E-state index contributed by atoms with van der Waals surface area (Å²) in [5.41, 5.74) is -0.140. The molecule has 2 atom stereocenters. The van der Waals surface area contributed by atoms with Gasteiger partial charge in [0.15, 0.2) is 11.2 Å². The van der Waals surface area contributed by atoms with Gasteiger partial charge in [-0.3, -0.25) is 13.9 Å². The van der Waals surface area contributed by atoms with Gasteiger partial charge in [0, 0.05) is 20.6 Å². The minimum absolute atomic E-state index is 0.0218. The van der Waals surface area contributed by atoms with Crippen LogP contribution in [-0.2, 0) is 14.1 Å². The Bertz CT molecular complexity index is 802. The first-order valence-corrected chi connectivity index (χ1v) is 6.99. The third-order valence-corrected chi connectivity index (χ3v) is 4.42. The molecule has 2 N–H and O–H groups in total. The van der Waals surface area contributed by atoms with Gasteiger partial charge in [0.05, 0.1) is 12.6 Å². The molecule has 0 saturated carbocycles. The van der Waals surface area contributed by atoms with Crippen molar-refractivity contribution >= 4 is 17.1 Å². The summed E-state index contributed by atoms with van der Waals surface area (Å²) in [5, 5.41) is 9.54. The molecule has 21 heavy (non-hydrogen) atoms. The molecule has 1 fully saturated rings. The van der Waals surface area contributed by atoms with E-state index in [0.717, 1.165) is 17.5 Å². The maximum Gasteiger partial charge on any atom is 0.332 e. The Morgan fingerprint density at radius 3 is 2.71 bits per heavy atom. The van der Waals surface area contributed by atoms with E-state index in [1.54, 1.807) is 7.05 Å². The fourth-order valence-corrected chi connectivity index (χ4v) is 3.00. The topological polar surface area (TPSA) is 96.2 Å². The predicted octanol–water partition coefficient (Wildman–Crippen LogP) is -0.833. The normalized spacial score (nSPS) is 22.4. The number of rotatable bonds is 2. The van der Waals surface area contributed by atoms with Crippen LogP contribution in [-0.4, -0.2) is 43.4 Å². The van der Waals surface area contributed by atoms with E-state index in [2.05, 4.69) is 16.9 Å². The molecule has 3 heterocycles. The van der Waals surface area contributed by atoms with E-state index in [4.69, 9.17) is 0 Å². The van der Waals surface area contributed by atoms with Crippen LogP contribution in [0.3, 0.4) is 0 Å². The van der Waals surface area contributed by atoms with Crippen LogP contribution in [0, 0.1) is 5.92 Å². The Morgan fingerprint density at radius 2 is 2.05 bits per heavy atom. The number of aliphatic hydroxyl groups is 1. The van der Waals surface area contributed by atoms with Crippen LogP contribution in [0.4, 0.5) is 5.95 Å². The van der Waals surface area contributed by atoms with E-state index in [1.807, 2.05) is 4.90 Å². The third-order valence-electron chi connectivity index (χ3n) is 4.42. The lowest BCUT2D eigenvalue weighted by Crippen LogP contribution is -2.36. The molecule has 1 aliphatic rings. The van der Waals surface area contributed by atoms with E-state index in [-0.39, 0.29) is 18.2 Å². The van der Waals surface area contributed by atoms with Crippen molar-refractivity contribution in [1.82, 2.24) is 19.1 Å². The number of imidazole rings is 1. The van der Waals surface area contributed by atoms with Gasteiger partial charge >= 0.3 is 5.69 Å². The molecule has 0 amide bonds. The van der Waals surface area contributed by atoms with Crippen LogP contribution in [0.15, 0.2) is 9.59 Å². The lowest BCUT2D eigenvalue weighted by molar-refractivity contribution is 0.244. The summed E-state index contributed by atoms with van der Waals surface area (Å²) in [6.45, 7) is 2.88. The van der Waals surface area contributed by atoms with Crippen molar-refractivity contribution in [2.45, 2.75) is 19.4 Å². The molecule has 114 valence electrons. The molecule has 3 rings (SSSR count). The second kappa shape index (κ2) is 4.73. The minimum atomic E-state index is -0.404. The molecule has 0 radical (unpaired) electrons. The monoisotopic (exact) mass is 293 g/mol. The van der Waals surface area contributed by atoms with Crippen molar-refractivity contribution in [3.8, 4) is 0 Å². The first-order valence-electron chi connectivity index (χ1n) is 6.99. The quantitative estimate of drug-likeness (QED) is 0.753. The Hall–Kier alpha value is -2.09. The van der Waals surface area contributed by atoms with Crippen molar-refractivity contribution in [1.29, 1.82) is 0 Å². The number of fused-ring (bicyclic) bond motifs is 1. The zero-order valence-corrected chi connectivity index (χ0v) is 12.3. The number of aromatic amines is 1. The maximum absolute atomic E-state index is 12.2. The highest BCUT2D eigenvalue weighted by molar-refractivity contribution is 5.73. The molecular weight excluding hydrogens is 274 g/mol. The number of anilines is 1. The smallest absolute Gasteiger partial charge is 0.332 e. The average molecular weight is 293 g/mol. The van der Waals surface area contributed by atoms with Crippen molar-refractivity contribution in [3.05, 3.63) is 20.8 Å². The van der Waals surface area contributed by atoms with E-state index in [0.29, 0.717) is 23.0 Å². The van der Waals surface area contributed by atoms with E-state index in [1.165, 1.54) is 11.6 Å². The second-order valence-electron chi connectivity index (χ2n) is 5.67. The maximum atomic E-state index is 12.2. The van der Waals surface area contributed by atoms with Gasteiger partial charge in [0.1, 0.15) is 0 Å². The number of nitrogens with zero attached hydrogens (tertiary/aromatic N) is 4. The van der Waals surface area contributed by atoms with Gasteiger partial charge in [-0.2, -0.15) is 4.98 Å².